The molecule has 0 aliphatic carbocycles. The Hall–Kier alpha value is -2.07. The van der Waals surface area contributed by atoms with Crippen LogP contribution in [0.15, 0.2) is 36.4 Å². The number of carbonyl (C=O) groups excluding carboxylic acids is 1. The van der Waals surface area contributed by atoms with Crippen LogP contribution in [0, 0.1) is 5.92 Å². The van der Waals surface area contributed by atoms with Gasteiger partial charge in [-0.15, -0.1) is 0 Å². The van der Waals surface area contributed by atoms with E-state index in [2.05, 4.69) is 10.6 Å². The molecule has 2 aromatic carbocycles. The average Bonchev–Trinajstić information content (AvgIpc) is 2.86. The number of phenolic OH excluding ortho intramolecular Hbond substituents is 1. The summed E-state index contributed by atoms with van der Waals surface area (Å²) < 4.78 is 0. The first kappa shape index (κ1) is 12.9. The van der Waals surface area contributed by atoms with Gasteiger partial charge in [0.15, 0.2) is 0 Å². The fourth-order valence-corrected chi connectivity index (χ4v) is 2.84. The SMILES string of the molecule is CC1NCCC1C(=O)Nc1cccc2c(O)cccc12. The number of hydrogen-bond donors (Lipinski definition) is 3. The maximum atomic E-state index is 12.3. The molecule has 0 radical (unpaired) electrons. The number of benzene rings is 2. The molecule has 1 aliphatic rings. The number of carbonyl (C=O) groups is 1. The molecule has 2 unspecified atom stereocenters. The van der Waals surface area contributed by atoms with Crippen LogP contribution >= 0.6 is 0 Å². The van der Waals surface area contributed by atoms with Gasteiger partial charge >= 0.3 is 0 Å². The zero-order chi connectivity index (χ0) is 14.1. The summed E-state index contributed by atoms with van der Waals surface area (Å²) in [6.07, 6.45) is 0.864. The Labute approximate surface area is 117 Å². The number of hydrogen-bond acceptors (Lipinski definition) is 3. The molecular weight excluding hydrogens is 252 g/mol. The van der Waals surface area contributed by atoms with Crippen LogP contribution in [-0.2, 0) is 4.79 Å². The lowest BCUT2D eigenvalue weighted by atomic mass is 10.0. The molecule has 2 aromatic rings. The maximum Gasteiger partial charge on any atom is 0.229 e. The third-order valence-electron chi connectivity index (χ3n) is 4.02. The second-order valence-electron chi connectivity index (χ2n) is 5.31. The van der Waals surface area contributed by atoms with E-state index in [4.69, 9.17) is 0 Å². The van der Waals surface area contributed by atoms with Crippen LogP contribution in [0.3, 0.4) is 0 Å². The summed E-state index contributed by atoms with van der Waals surface area (Å²) in [4.78, 5) is 12.3. The van der Waals surface area contributed by atoms with E-state index < -0.39 is 0 Å². The van der Waals surface area contributed by atoms with Gasteiger partial charge < -0.3 is 15.7 Å². The van der Waals surface area contributed by atoms with Crippen molar-refractivity contribution in [2.24, 2.45) is 5.92 Å². The van der Waals surface area contributed by atoms with Crippen molar-refractivity contribution in [2.75, 3.05) is 11.9 Å². The number of rotatable bonds is 2. The molecule has 20 heavy (non-hydrogen) atoms. The van der Waals surface area contributed by atoms with Crippen molar-refractivity contribution in [3.8, 4) is 5.75 Å². The first-order valence-electron chi connectivity index (χ1n) is 6.92. The molecule has 3 rings (SSSR count). The van der Waals surface area contributed by atoms with Crippen molar-refractivity contribution >= 4 is 22.4 Å². The molecule has 1 fully saturated rings. The summed E-state index contributed by atoms with van der Waals surface area (Å²) in [6.45, 7) is 2.92. The normalized spacial score (nSPS) is 22.1. The van der Waals surface area contributed by atoms with Crippen LogP contribution in [0.5, 0.6) is 5.75 Å². The van der Waals surface area contributed by atoms with Crippen molar-refractivity contribution in [2.45, 2.75) is 19.4 Å². The molecule has 0 saturated carbocycles. The van der Waals surface area contributed by atoms with Gasteiger partial charge in [-0.05, 0) is 32.0 Å². The number of fused-ring (bicyclic) bond motifs is 1. The Kier molecular flexibility index (Phi) is 3.32. The summed E-state index contributed by atoms with van der Waals surface area (Å²) in [5.41, 5.74) is 0.752. The topological polar surface area (TPSA) is 61.4 Å². The van der Waals surface area contributed by atoms with E-state index in [1.54, 1.807) is 12.1 Å². The van der Waals surface area contributed by atoms with Crippen molar-refractivity contribution in [1.82, 2.24) is 5.32 Å². The Morgan fingerprint density at radius 2 is 2.00 bits per heavy atom. The largest absolute Gasteiger partial charge is 0.507 e. The molecule has 0 spiro atoms. The fourth-order valence-electron chi connectivity index (χ4n) is 2.84. The molecule has 4 nitrogen and oxygen atoms in total. The van der Waals surface area contributed by atoms with Crippen molar-refractivity contribution < 1.29 is 9.90 Å². The molecule has 1 amide bonds. The monoisotopic (exact) mass is 270 g/mol. The van der Waals surface area contributed by atoms with E-state index in [-0.39, 0.29) is 23.6 Å². The van der Waals surface area contributed by atoms with Crippen LogP contribution in [0.4, 0.5) is 5.69 Å². The van der Waals surface area contributed by atoms with E-state index in [9.17, 15) is 9.90 Å². The number of anilines is 1. The first-order chi connectivity index (χ1) is 9.66. The summed E-state index contributed by atoms with van der Waals surface area (Å²) in [5.74, 6) is 0.274. The predicted molar refractivity (Wildman–Crippen MR) is 79.8 cm³/mol. The lowest BCUT2D eigenvalue weighted by Gasteiger charge is -2.16. The van der Waals surface area contributed by atoms with E-state index in [1.807, 2.05) is 31.2 Å². The van der Waals surface area contributed by atoms with Crippen LogP contribution in [0.25, 0.3) is 10.8 Å². The predicted octanol–water partition coefficient (Wildman–Crippen LogP) is 2.48. The summed E-state index contributed by atoms with van der Waals surface area (Å²) >= 11 is 0. The highest BCUT2D eigenvalue weighted by Gasteiger charge is 2.29. The minimum absolute atomic E-state index is 0.00238. The van der Waals surface area contributed by atoms with Gasteiger partial charge in [0, 0.05) is 22.5 Å². The van der Waals surface area contributed by atoms with Gasteiger partial charge in [0.1, 0.15) is 5.75 Å². The molecular formula is C16H18N2O2. The van der Waals surface area contributed by atoms with Gasteiger partial charge in [-0.1, -0.05) is 24.3 Å². The molecule has 0 aromatic heterocycles. The van der Waals surface area contributed by atoms with Crippen molar-refractivity contribution in [1.29, 1.82) is 0 Å². The van der Waals surface area contributed by atoms with Crippen molar-refractivity contribution in [3.05, 3.63) is 36.4 Å². The average molecular weight is 270 g/mol. The van der Waals surface area contributed by atoms with Gasteiger partial charge in [0.05, 0.1) is 5.92 Å². The van der Waals surface area contributed by atoms with Crippen LogP contribution in [0.1, 0.15) is 13.3 Å². The summed E-state index contributed by atoms with van der Waals surface area (Å²) in [5, 5.41) is 17.8. The van der Waals surface area contributed by atoms with Crippen molar-refractivity contribution in [3.63, 3.8) is 0 Å². The zero-order valence-corrected chi connectivity index (χ0v) is 11.4. The van der Waals surface area contributed by atoms with E-state index >= 15 is 0 Å². The Morgan fingerprint density at radius 1 is 1.25 bits per heavy atom. The minimum atomic E-state index is 0.00238. The lowest BCUT2D eigenvalue weighted by molar-refractivity contribution is -0.119. The standard InChI is InChI=1S/C16H18N2O2/c1-10-11(8-9-17-10)16(20)18-14-6-2-5-13-12(14)4-3-7-15(13)19/h2-7,10-11,17,19H,8-9H2,1H3,(H,18,20). The van der Waals surface area contributed by atoms with E-state index in [1.165, 1.54) is 0 Å². The third kappa shape index (κ3) is 2.23. The molecule has 1 saturated heterocycles. The molecule has 4 heteroatoms. The highest BCUT2D eigenvalue weighted by Crippen LogP contribution is 2.30. The second-order valence-corrected chi connectivity index (χ2v) is 5.31. The molecule has 1 aliphatic heterocycles. The Bertz CT molecular complexity index is 654. The zero-order valence-electron chi connectivity index (χ0n) is 11.4. The smallest absolute Gasteiger partial charge is 0.229 e. The summed E-state index contributed by atoms with van der Waals surface area (Å²) in [7, 11) is 0. The molecule has 104 valence electrons. The molecule has 0 bridgehead atoms. The van der Waals surface area contributed by atoms with Gasteiger partial charge in [-0.25, -0.2) is 0 Å². The Balaban J connectivity index is 1.91. The number of amides is 1. The molecule has 1 heterocycles. The highest BCUT2D eigenvalue weighted by molar-refractivity contribution is 6.04. The minimum Gasteiger partial charge on any atom is -0.507 e. The van der Waals surface area contributed by atoms with Gasteiger partial charge in [0.25, 0.3) is 0 Å². The quantitative estimate of drug-likeness (QED) is 0.785. The summed E-state index contributed by atoms with van der Waals surface area (Å²) in [6, 6.07) is 11.1. The fraction of sp³-hybridized carbons (Fsp3) is 0.312. The van der Waals surface area contributed by atoms with Gasteiger partial charge in [-0.2, -0.15) is 0 Å². The van der Waals surface area contributed by atoms with E-state index in [0.717, 1.165) is 29.4 Å². The third-order valence-corrected chi connectivity index (χ3v) is 4.02. The number of phenols is 1. The Morgan fingerprint density at radius 3 is 2.75 bits per heavy atom. The first-order valence-corrected chi connectivity index (χ1v) is 6.92. The van der Waals surface area contributed by atoms with E-state index in [0.29, 0.717) is 0 Å². The number of nitrogens with one attached hydrogen (secondary N) is 2. The van der Waals surface area contributed by atoms with Crippen LogP contribution < -0.4 is 10.6 Å². The van der Waals surface area contributed by atoms with Gasteiger partial charge in [-0.3, -0.25) is 4.79 Å². The molecule has 3 N–H and O–H groups in total. The van der Waals surface area contributed by atoms with Crippen LogP contribution in [0.2, 0.25) is 0 Å². The maximum absolute atomic E-state index is 12.3. The van der Waals surface area contributed by atoms with Crippen LogP contribution in [-0.4, -0.2) is 23.6 Å². The lowest BCUT2D eigenvalue weighted by Crippen LogP contribution is -2.32. The highest BCUT2D eigenvalue weighted by atomic mass is 16.3. The molecule has 2 atom stereocenters. The number of aromatic hydroxyl groups is 1. The second kappa shape index (κ2) is 5.13. The van der Waals surface area contributed by atoms with Gasteiger partial charge in [0.2, 0.25) is 5.91 Å².